The molecule has 12 heavy (non-hydrogen) atoms. The average molecular weight is 163 g/mol. The fraction of sp³-hybridized carbons (Fsp3) is 0.455. The van der Waals surface area contributed by atoms with Gasteiger partial charge in [0.1, 0.15) is 0 Å². The highest BCUT2D eigenvalue weighted by molar-refractivity contribution is 5.22. The van der Waals surface area contributed by atoms with E-state index in [4.69, 9.17) is 5.73 Å². The molecule has 1 atom stereocenters. The molecule has 2 N–H and O–H groups in total. The van der Waals surface area contributed by atoms with E-state index < -0.39 is 0 Å². The molecule has 0 amide bonds. The van der Waals surface area contributed by atoms with Crippen LogP contribution in [0.15, 0.2) is 24.3 Å². The fourth-order valence-corrected chi connectivity index (χ4v) is 1.32. The molecule has 0 saturated carbocycles. The van der Waals surface area contributed by atoms with Gasteiger partial charge in [0, 0.05) is 0 Å². The summed E-state index contributed by atoms with van der Waals surface area (Å²) in [6, 6.07) is 8.62. The molecule has 0 fully saturated rings. The number of nitrogens with two attached hydrogens (primary N) is 1. The predicted octanol–water partition coefficient (Wildman–Crippen LogP) is 2.13. The first kappa shape index (κ1) is 9.27. The van der Waals surface area contributed by atoms with E-state index in [-0.39, 0.29) is 0 Å². The van der Waals surface area contributed by atoms with Gasteiger partial charge in [0.25, 0.3) is 0 Å². The van der Waals surface area contributed by atoms with Crippen LogP contribution in [0.5, 0.6) is 0 Å². The second kappa shape index (κ2) is 4.27. The molecule has 1 nitrogen and oxygen atoms in total. The zero-order chi connectivity index (χ0) is 8.97. The van der Waals surface area contributed by atoms with Crippen LogP contribution in [0.25, 0.3) is 0 Å². The van der Waals surface area contributed by atoms with Crippen LogP contribution in [0.4, 0.5) is 0 Å². The molecule has 1 aromatic carbocycles. The molecule has 0 aliphatic rings. The Morgan fingerprint density at radius 1 is 1.42 bits per heavy atom. The van der Waals surface area contributed by atoms with E-state index in [0.717, 1.165) is 13.0 Å². The lowest BCUT2D eigenvalue weighted by Gasteiger charge is -2.08. The van der Waals surface area contributed by atoms with Crippen LogP contribution in [0.1, 0.15) is 18.1 Å². The molecule has 0 unspecified atom stereocenters. The average Bonchev–Trinajstić information content (AvgIpc) is 2.04. The van der Waals surface area contributed by atoms with Gasteiger partial charge in [0.15, 0.2) is 0 Å². The highest BCUT2D eigenvalue weighted by atomic mass is 14.5. The van der Waals surface area contributed by atoms with Gasteiger partial charge in [0.05, 0.1) is 0 Å². The Morgan fingerprint density at radius 2 is 2.17 bits per heavy atom. The fourth-order valence-electron chi connectivity index (χ4n) is 1.32. The van der Waals surface area contributed by atoms with Crippen LogP contribution >= 0.6 is 0 Å². The van der Waals surface area contributed by atoms with Crippen LogP contribution < -0.4 is 5.73 Å². The molecule has 0 saturated heterocycles. The minimum atomic E-state index is 0.590. The van der Waals surface area contributed by atoms with Crippen molar-refractivity contribution in [1.29, 1.82) is 0 Å². The molecule has 0 aliphatic heterocycles. The Bertz CT molecular complexity index is 243. The van der Waals surface area contributed by atoms with Crippen LogP contribution in [0, 0.1) is 12.8 Å². The Balaban J connectivity index is 2.63. The summed E-state index contributed by atoms with van der Waals surface area (Å²) >= 11 is 0. The number of benzene rings is 1. The molecule has 0 spiro atoms. The van der Waals surface area contributed by atoms with Gasteiger partial charge >= 0.3 is 0 Å². The van der Waals surface area contributed by atoms with Gasteiger partial charge in [-0.2, -0.15) is 0 Å². The van der Waals surface area contributed by atoms with Crippen LogP contribution in [0.2, 0.25) is 0 Å². The van der Waals surface area contributed by atoms with Crippen LogP contribution in [-0.4, -0.2) is 6.54 Å². The first-order valence-electron chi connectivity index (χ1n) is 4.48. The maximum absolute atomic E-state index is 5.56. The minimum Gasteiger partial charge on any atom is -0.330 e. The second-order valence-corrected chi connectivity index (χ2v) is 3.53. The molecule has 0 aromatic heterocycles. The predicted molar refractivity (Wildman–Crippen MR) is 53.1 cm³/mol. The SMILES string of the molecule is Cc1cccc(C[C@@H](C)CN)c1. The summed E-state index contributed by atoms with van der Waals surface area (Å²) in [6.07, 6.45) is 1.10. The maximum atomic E-state index is 5.56. The Labute approximate surface area is 74.6 Å². The summed E-state index contributed by atoms with van der Waals surface area (Å²) in [6.45, 7) is 5.08. The van der Waals surface area contributed by atoms with Crippen molar-refractivity contribution in [3.05, 3.63) is 35.4 Å². The molecule has 0 bridgehead atoms. The third-order valence-electron chi connectivity index (χ3n) is 2.07. The van der Waals surface area contributed by atoms with Crippen molar-refractivity contribution in [2.45, 2.75) is 20.3 Å². The monoisotopic (exact) mass is 163 g/mol. The smallest absolute Gasteiger partial charge is 0.00483 e. The van der Waals surface area contributed by atoms with Crippen molar-refractivity contribution in [3.8, 4) is 0 Å². The second-order valence-electron chi connectivity index (χ2n) is 3.53. The molecular formula is C11H17N. The van der Waals surface area contributed by atoms with E-state index >= 15 is 0 Å². The van der Waals surface area contributed by atoms with Gasteiger partial charge in [-0.15, -0.1) is 0 Å². The molecule has 1 heteroatoms. The zero-order valence-corrected chi connectivity index (χ0v) is 7.88. The topological polar surface area (TPSA) is 26.0 Å². The van der Waals surface area contributed by atoms with E-state index in [0.29, 0.717) is 5.92 Å². The highest BCUT2D eigenvalue weighted by Crippen LogP contribution is 2.09. The first-order chi connectivity index (χ1) is 5.72. The maximum Gasteiger partial charge on any atom is -0.00483 e. The Morgan fingerprint density at radius 3 is 2.75 bits per heavy atom. The summed E-state index contributed by atoms with van der Waals surface area (Å²) in [5.74, 6) is 0.590. The molecular weight excluding hydrogens is 146 g/mol. The van der Waals surface area contributed by atoms with Crippen molar-refractivity contribution in [2.75, 3.05) is 6.54 Å². The Kier molecular flexibility index (Phi) is 3.30. The molecule has 1 rings (SSSR count). The van der Waals surface area contributed by atoms with Gasteiger partial charge in [0.2, 0.25) is 0 Å². The number of hydrogen-bond donors (Lipinski definition) is 1. The normalized spacial score (nSPS) is 12.9. The van der Waals surface area contributed by atoms with E-state index in [1.165, 1.54) is 11.1 Å². The van der Waals surface area contributed by atoms with Gasteiger partial charge < -0.3 is 5.73 Å². The number of rotatable bonds is 3. The molecule has 0 radical (unpaired) electrons. The van der Waals surface area contributed by atoms with Gasteiger partial charge in [-0.05, 0) is 31.4 Å². The first-order valence-corrected chi connectivity index (χ1v) is 4.48. The number of aryl methyl sites for hydroxylation is 1. The molecule has 0 aliphatic carbocycles. The summed E-state index contributed by atoms with van der Waals surface area (Å²) in [5.41, 5.74) is 8.28. The highest BCUT2D eigenvalue weighted by Gasteiger charge is 2.00. The largest absolute Gasteiger partial charge is 0.330 e. The molecule has 0 heterocycles. The standard InChI is InChI=1S/C11H17N/c1-9-4-3-5-11(6-9)7-10(2)8-12/h3-6,10H,7-8,12H2,1-2H3/t10-/m1/s1. The number of hydrogen-bond acceptors (Lipinski definition) is 1. The van der Waals surface area contributed by atoms with Crippen molar-refractivity contribution in [2.24, 2.45) is 11.7 Å². The lowest BCUT2D eigenvalue weighted by molar-refractivity contribution is 0.593. The van der Waals surface area contributed by atoms with Gasteiger partial charge in [-0.25, -0.2) is 0 Å². The van der Waals surface area contributed by atoms with E-state index in [1.54, 1.807) is 0 Å². The van der Waals surface area contributed by atoms with Crippen molar-refractivity contribution >= 4 is 0 Å². The zero-order valence-electron chi connectivity index (χ0n) is 7.88. The molecule has 66 valence electrons. The van der Waals surface area contributed by atoms with Gasteiger partial charge in [-0.3, -0.25) is 0 Å². The van der Waals surface area contributed by atoms with Gasteiger partial charge in [-0.1, -0.05) is 36.8 Å². The van der Waals surface area contributed by atoms with Crippen molar-refractivity contribution < 1.29 is 0 Å². The van der Waals surface area contributed by atoms with Crippen LogP contribution in [0.3, 0.4) is 0 Å². The Hall–Kier alpha value is -0.820. The lowest BCUT2D eigenvalue weighted by Crippen LogP contribution is -2.13. The summed E-state index contributed by atoms with van der Waals surface area (Å²) in [4.78, 5) is 0. The summed E-state index contributed by atoms with van der Waals surface area (Å²) < 4.78 is 0. The van der Waals surface area contributed by atoms with Crippen molar-refractivity contribution in [3.63, 3.8) is 0 Å². The summed E-state index contributed by atoms with van der Waals surface area (Å²) in [7, 11) is 0. The van der Waals surface area contributed by atoms with Crippen LogP contribution in [-0.2, 0) is 6.42 Å². The van der Waals surface area contributed by atoms with Crippen molar-refractivity contribution in [1.82, 2.24) is 0 Å². The van der Waals surface area contributed by atoms with E-state index in [2.05, 4.69) is 38.1 Å². The third-order valence-corrected chi connectivity index (χ3v) is 2.07. The lowest BCUT2D eigenvalue weighted by atomic mass is 10.0. The van der Waals surface area contributed by atoms with E-state index in [9.17, 15) is 0 Å². The summed E-state index contributed by atoms with van der Waals surface area (Å²) in [5, 5.41) is 0. The minimum absolute atomic E-state index is 0.590. The third kappa shape index (κ3) is 2.67. The quantitative estimate of drug-likeness (QED) is 0.725. The molecule has 1 aromatic rings. The van der Waals surface area contributed by atoms with E-state index in [1.807, 2.05) is 0 Å².